The molecule has 0 bridgehead atoms. The zero-order chi connectivity index (χ0) is 8.48. The predicted molar refractivity (Wildman–Crippen MR) is 37.1 cm³/mol. The Morgan fingerprint density at radius 2 is 2.09 bits per heavy atom. The van der Waals surface area contributed by atoms with Gasteiger partial charge in [-0.25, -0.2) is 5.84 Å². The first-order valence-corrected chi connectivity index (χ1v) is 3.54. The zero-order valence-electron chi connectivity index (χ0n) is 5.27. The van der Waals surface area contributed by atoms with Gasteiger partial charge in [0.2, 0.25) is 0 Å². The Kier molecular flexibility index (Phi) is 2.05. The van der Waals surface area contributed by atoms with E-state index in [4.69, 9.17) is 5.84 Å². The van der Waals surface area contributed by atoms with Crippen LogP contribution in [0.5, 0.6) is 0 Å². The van der Waals surface area contributed by atoms with E-state index >= 15 is 0 Å². The number of alkyl halides is 3. The van der Waals surface area contributed by atoms with Crippen LogP contribution in [0, 0.1) is 0 Å². The van der Waals surface area contributed by atoms with Gasteiger partial charge in [0.15, 0.2) is 0 Å². The molecule has 0 fully saturated rings. The standard InChI is InChI=1S/C5H5F3N2S/c6-5(7,8)3-1-4(10-9)11-2-3/h1-2,10H,9H2. The van der Waals surface area contributed by atoms with E-state index in [1.807, 2.05) is 0 Å². The van der Waals surface area contributed by atoms with Crippen molar-refractivity contribution in [1.29, 1.82) is 0 Å². The van der Waals surface area contributed by atoms with Crippen LogP contribution in [0.3, 0.4) is 0 Å². The number of halogens is 3. The van der Waals surface area contributed by atoms with Crippen LogP contribution in [0.25, 0.3) is 0 Å². The second-order valence-corrected chi connectivity index (χ2v) is 2.75. The highest BCUT2D eigenvalue weighted by atomic mass is 32.1. The highest BCUT2D eigenvalue weighted by Crippen LogP contribution is 2.34. The predicted octanol–water partition coefficient (Wildman–Crippen LogP) is 2.05. The number of anilines is 1. The van der Waals surface area contributed by atoms with Crippen molar-refractivity contribution in [2.24, 2.45) is 5.84 Å². The van der Waals surface area contributed by atoms with Crippen molar-refractivity contribution in [3.63, 3.8) is 0 Å². The van der Waals surface area contributed by atoms with Gasteiger partial charge in [-0.15, -0.1) is 11.3 Å². The van der Waals surface area contributed by atoms with Gasteiger partial charge in [-0.2, -0.15) is 13.2 Å². The molecular weight excluding hydrogens is 177 g/mol. The largest absolute Gasteiger partial charge is 0.417 e. The van der Waals surface area contributed by atoms with E-state index in [0.29, 0.717) is 5.00 Å². The van der Waals surface area contributed by atoms with Crippen LogP contribution in [-0.2, 0) is 6.18 Å². The lowest BCUT2D eigenvalue weighted by Gasteiger charge is -2.00. The van der Waals surface area contributed by atoms with Crippen LogP contribution in [0.4, 0.5) is 18.2 Å². The van der Waals surface area contributed by atoms with Crippen LogP contribution >= 0.6 is 11.3 Å². The van der Waals surface area contributed by atoms with Gasteiger partial charge in [0.1, 0.15) is 5.00 Å². The van der Waals surface area contributed by atoms with Gasteiger partial charge in [-0.05, 0) is 6.07 Å². The van der Waals surface area contributed by atoms with Crippen LogP contribution in [0.15, 0.2) is 11.4 Å². The Bertz CT molecular complexity index is 242. The van der Waals surface area contributed by atoms with E-state index in [2.05, 4.69) is 5.43 Å². The van der Waals surface area contributed by atoms with Gasteiger partial charge >= 0.3 is 6.18 Å². The molecule has 0 aromatic carbocycles. The number of thiophene rings is 1. The molecule has 1 rings (SSSR count). The molecule has 6 heteroatoms. The number of rotatable bonds is 1. The third kappa shape index (κ3) is 1.84. The molecule has 0 spiro atoms. The molecule has 1 aromatic heterocycles. The van der Waals surface area contributed by atoms with E-state index in [1.54, 1.807) is 0 Å². The van der Waals surface area contributed by atoms with Crippen molar-refractivity contribution in [2.75, 3.05) is 5.43 Å². The van der Waals surface area contributed by atoms with E-state index in [9.17, 15) is 13.2 Å². The Morgan fingerprint density at radius 3 is 2.36 bits per heavy atom. The van der Waals surface area contributed by atoms with Gasteiger partial charge in [0.25, 0.3) is 0 Å². The molecule has 0 saturated heterocycles. The number of nitrogens with one attached hydrogen (secondary N) is 1. The lowest BCUT2D eigenvalue weighted by Crippen LogP contribution is -2.05. The van der Waals surface area contributed by atoms with E-state index < -0.39 is 11.7 Å². The number of hydrogen-bond acceptors (Lipinski definition) is 3. The first-order valence-electron chi connectivity index (χ1n) is 2.66. The lowest BCUT2D eigenvalue weighted by molar-refractivity contribution is -0.137. The summed E-state index contributed by atoms with van der Waals surface area (Å²) in [6.45, 7) is 0. The first kappa shape index (κ1) is 8.35. The molecule has 1 heterocycles. The van der Waals surface area contributed by atoms with Crippen LogP contribution < -0.4 is 11.3 Å². The molecular formula is C5H5F3N2S. The minimum absolute atomic E-state index is 0.303. The maximum absolute atomic E-state index is 11.9. The molecule has 11 heavy (non-hydrogen) atoms. The van der Waals surface area contributed by atoms with Crippen LogP contribution in [-0.4, -0.2) is 0 Å². The molecule has 0 aliphatic heterocycles. The van der Waals surface area contributed by atoms with Crippen LogP contribution in [0.1, 0.15) is 5.56 Å². The number of hydrogen-bond donors (Lipinski definition) is 2. The van der Waals surface area contributed by atoms with E-state index in [-0.39, 0.29) is 0 Å². The van der Waals surface area contributed by atoms with E-state index in [0.717, 1.165) is 22.8 Å². The molecule has 3 N–H and O–H groups in total. The third-order valence-electron chi connectivity index (χ3n) is 1.07. The molecule has 0 saturated carbocycles. The summed E-state index contributed by atoms with van der Waals surface area (Å²) >= 11 is 0.920. The normalized spacial score (nSPS) is 11.6. The van der Waals surface area contributed by atoms with Crippen molar-refractivity contribution in [3.05, 3.63) is 17.0 Å². The average Bonchev–Trinajstić information content (AvgIpc) is 2.32. The summed E-state index contributed by atoms with van der Waals surface area (Å²) in [7, 11) is 0. The monoisotopic (exact) mass is 182 g/mol. The van der Waals surface area contributed by atoms with Gasteiger partial charge in [0, 0.05) is 5.38 Å². The van der Waals surface area contributed by atoms with Crippen LogP contribution in [0.2, 0.25) is 0 Å². The third-order valence-corrected chi connectivity index (χ3v) is 1.93. The number of hydrazine groups is 1. The molecule has 62 valence electrons. The van der Waals surface area contributed by atoms with Gasteiger partial charge in [0.05, 0.1) is 5.56 Å². The van der Waals surface area contributed by atoms with Crippen molar-refractivity contribution in [2.45, 2.75) is 6.18 Å². The molecule has 0 unspecified atom stereocenters. The smallest absolute Gasteiger partial charge is 0.315 e. The van der Waals surface area contributed by atoms with Crippen molar-refractivity contribution < 1.29 is 13.2 Å². The fourth-order valence-corrected chi connectivity index (χ4v) is 1.28. The maximum Gasteiger partial charge on any atom is 0.417 e. The quantitative estimate of drug-likeness (QED) is 0.515. The summed E-state index contributed by atoms with van der Waals surface area (Å²) in [5.41, 5.74) is 1.47. The summed E-state index contributed by atoms with van der Waals surface area (Å²) in [6.07, 6.45) is -4.27. The van der Waals surface area contributed by atoms with Crippen molar-refractivity contribution in [3.8, 4) is 0 Å². The first-order chi connectivity index (χ1) is 5.04. The topological polar surface area (TPSA) is 38.0 Å². The number of nitrogens with two attached hydrogens (primary N) is 1. The summed E-state index contributed by atoms with van der Waals surface area (Å²) in [4.78, 5) is 0. The van der Waals surface area contributed by atoms with E-state index in [1.165, 1.54) is 0 Å². The Balaban J connectivity index is 2.89. The summed E-state index contributed by atoms with van der Waals surface area (Å²) < 4.78 is 35.6. The minimum Gasteiger partial charge on any atom is -0.315 e. The molecule has 2 nitrogen and oxygen atoms in total. The number of nitrogen functional groups attached to an aromatic ring is 1. The second kappa shape index (κ2) is 2.71. The summed E-state index contributed by atoms with van der Waals surface area (Å²) in [5.74, 6) is 4.90. The average molecular weight is 182 g/mol. The Labute approximate surface area is 64.8 Å². The molecule has 0 aliphatic carbocycles. The molecule has 0 radical (unpaired) electrons. The summed E-state index contributed by atoms with van der Waals surface area (Å²) in [6, 6.07) is 0.963. The summed E-state index contributed by atoms with van der Waals surface area (Å²) in [5, 5.41) is 1.31. The van der Waals surface area contributed by atoms with Gasteiger partial charge in [-0.1, -0.05) is 0 Å². The minimum atomic E-state index is -4.27. The highest BCUT2D eigenvalue weighted by molar-refractivity contribution is 7.14. The second-order valence-electron chi connectivity index (χ2n) is 1.84. The van der Waals surface area contributed by atoms with Crippen molar-refractivity contribution >= 4 is 16.3 Å². The SMILES string of the molecule is NNc1cc(C(F)(F)F)cs1. The Hall–Kier alpha value is -0.750. The molecule has 0 aliphatic rings. The fraction of sp³-hybridized carbons (Fsp3) is 0.200. The molecule has 0 atom stereocenters. The van der Waals surface area contributed by atoms with Gasteiger partial charge in [-0.3, -0.25) is 0 Å². The Morgan fingerprint density at radius 1 is 1.45 bits per heavy atom. The highest BCUT2D eigenvalue weighted by Gasteiger charge is 2.31. The molecule has 0 amide bonds. The van der Waals surface area contributed by atoms with Crippen molar-refractivity contribution in [1.82, 2.24) is 0 Å². The maximum atomic E-state index is 11.9. The lowest BCUT2D eigenvalue weighted by atomic mass is 10.3. The zero-order valence-corrected chi connectivity index (χ0v) is 6.09. The fourth-order valence-electron chi connectivity index (χ4n) is 0.561. The molecule has 1 aromatic rings. The van der Waals surface area contributed by atoms with Gasteiger partial charge < -0.3 is 5.43 Å².